The van der Waals surface area contributed by atoms with Gasteiger partial charge in [-0.3, -0.25) is 0 Å². The molecule has 0 aliphatic rings. The predicted molar refractivity (Wildman–Crippen MR) is 72.4 cm³/mol. The van der Waals surface area contributed by atoms with E-state index in [4.69, 9.17) is 4.74 Å². The van der Waals surface area contributed by atoms with Gasteiger partial charge in [-0.2, -0.15) is 0 Å². The van der Waals surface area contributed by atoms with E-state index in [2.05, 4.69) is 24.3 Å². The molecule has 0 saturated carbocycles. The van der Waals surface area contributed by atoms with Gasteiger partial charge < -0.3 is 15.0 Å². The molecule has 18 heavy (non-hydrogen) atoms. The maximum atomic E-state index is 13.8. The number of halogens is 1. The molecule has 0 aliphatic heterocycles. The van der Waals surface area contributed by atoms with Crippen LogP contribution in [0.3, 0.4) is 0 Å². The number of rotatable bonds is 8. The minimum absolute atomic E-state index is 0.263. The number of unbranched alkanes of at least 4 members (excludes halogenated alkanes) is 1. The SMILES string of the molecule is COc1cccc(CNCCCCN(C)C)c1F. The maximum absolute atomic E-state index is 13.8. The van der Waals surface area contributed by atoms with Crippen LogP contribution in [0.2, 0.25) is 0 Å². The van der Waals surface area contributed by atoms with Crippen molar-refractivity contribution in [2.75, 3.05) is 34.3 Å². The molecule has 1 rings (SSSR count). The Morgan fingerprint density at radius 1 is 1.28 bits per heavy atom. The van der Waals surface area contributed by atoms with Crippen LogP contribution in [0.25, 0.3) is 0 Å². The van der Waals surface area contributed by atoms with Crippen LogP contribution in [0.15, 0.2) is 18.2 Å². The number of nitrogens with one attached hydrogen (secondary N) is 1. The molecule has 0 radical (unpaired) electrons. The highest BCUT2D eigenvalue weighted by Crippen LogP contribution is 2.19. The highest BCUT2D eigenvalue weighted by Gasteiger charge is 2.07. The quantitative estimate of drug-likeness (QED) is 0.720. The van der Waals surface area contributed by atoms with E-state index < -0.39 is 0 Å². The second-order valence-corrected chi connectivity index (χ2v) is 4.62. The summed E-state index contributed by atoms with van der Waals surface area (Å²) in [4.78, 5) is 2.17. The number of hydrogen-bond acceptors (Lipinski definition) is 3. The number of nitrogens with zero attached hydrogens (tertiary/aromatic N) is 1. The summed E-state index contributed by atoms with van der Waals surface area (Å²) in [6.07, 6.45) is 2.25. The van der Waals surface area contributed by atoms with Crippen LogP contribution in [-0.4, -0.2) is 39.2 Å². The first-order valence-electron chi connectivity index (χ1n) is 6.32. The summed E-state index contributed by atoms with van der Waals surface area (Å²) in [6, 6.07) is 5.23. The topological polar surface area (TPSA) is 24.5 Å². The molecule has 0 bridgehead atoms. The predicted octanol–water partition coefficient (Wildman–Crippen LogP) is 2.27. The van der Waals surface area contributed by atoms with Crippen molar-refractivity contribution in [2.45, 2.75) is 19.4 Å². The lowest BCUT2D eigenvalue weighted by atomic mass is 10.2. The van der Waals surface area contributed by atoms with E-state index in [-0.39, 0.29) is 5.82 Å². The van der Waals surface area contributed by atoms with Crippen LogP contribution in [0, 0.1) is 5.82 Å². The van der Waals surface area contributed by atoms with Gasteiger partial charge in [-0.05, 0) is 46.1 Å². The molecule has 0 atom stereocenters. The van der Waals surface area contributed by atoms with Crippen LogP contribution < -0.4 is 10.1 Å². The fraction of sp³-hybridized carbons (Fsp3) is 0.571. The van der Waals surface area contributed by atoms with Crippen molar-refractivity contribution in [3.05, 3.63) is 29.6 Å². The lowest BCUT2D eigenvalue weighted by Gasteiger charge is -2.10. The number of benzene rings is 1. The Balaban J connectivity index is 2.27. The zero-order chi connectivity index (χ0) is 13.4. The zero-order valence-corrected chi connectivity index (χ0v) is 11.5. The van der Waals surface area contributed by atoms with Gasteiger partial charge in [0.1, 0.15) is 0 Å². The summed E-state index contributed by atoms with van der Waals surface area (Å²) in [5.41, 5.74) is 0.655. The molecule has 0 saturated heterocycles. The molecular formula is C14H23FN2O. The van der Waals surface area contributed by atoms with Crippen molar-refractivity contribution in [3.63, 3.8) is 0 Å². The largest absolute Gasteiger partial charge is 0.494 e. The summed E-state index contributed by atoms with van der Waals surface area (Å²) >= 11 is 0. The van der Waals surface area contributed by atoms with E-state index in [0.717, 1.165) is 25.9 Å². The van der Waals surface area contributed by atoms with Crippen LogP contribution in [0.4, 0.5) is 4.39 Å². The summed E-state index contributed by atoms with van der Waals surface area (Å²) in [7, 11) is 5.62. The molecule has 0 heterocycles. The molecule has 0 aliphatic carbocycles. The van der Waals surface area contributed by atoms with E-state index in [1.54, 1.807) is 12.1 Å². The molecule has 0 unspecified atom stereocenters. The molecule has 3 nitrogen and oxygen atoms in total. The molecule has 4 heteroatoms. The van der Waals surface area contributed by atoms with Crippen molar-refractivity contribution < 1.29 is 9.13 Å². The van der Waals surface area contributed by atoms with Crippen molar-refractivity contribution in [1.29, 1.82) is 0 Å². The van der Waals surface area contributed by atoms with E-state index in [1.807, 2.05) is 6.07 Å². The van der Waals surface area contributed by atoms with Gasteiger partial charge in [0.2, 0.25) is 0 Å². The minimum Gasteiger partial charge on any atom is -0.494 e. The molecule has 1 aromatic rings. The van der Waals surface area contributed by atoms with E-state index in [1.165, 1.54) is 7.11 Å². The van der Waals surface area contributed by atoms with Crippen LogP contribution in [-0.2, 0) is 6.54 Å². The Morgan fingerprint density at radius 2 is 2.06 bits per heavy atom. The van der Waals surface area contributed by atoms with Crippen molar-refractivity contribution in [1.82, 2.24) is 10.2 Å². The molecule has 0 amide bonds. The third-order valence-corrected chi connectivity index (χ3v) is 2.79. The summed E-state index contributed by atoms with van der Waals surface area (Å²) < 4.78 is 18.7. The number of ether oxygens (including phenoxy) is 1. The molecular weight excluding hydrogens is 231 g/mol. The standard InChI is InChI=1S/C14H23FN2O/c1-17(2)10-5-4-9-16-11-12-7-6-8-13(18-3)14(12)15/h6-8,16H,4-5,9-11H2,1-3H3. The third-order valence-electron chi connectivity index (χ3n) is 2.79. The maximum Gasteiger partial charge on any atom is 0.169 e. The normalized spacial score (nSPS) is 10.9. The number of hydrogen-bond donors (Lipinski definition) is 1. The van der Waals surface area contributed by atoms with Crippen LogP contribution in [0.1, 0.15) is 18.4 Å². The summed E-state index contributed by atoms with van der Waals surface area (Å²) in [5, 5.41) is 3.25. The number of methoxy groups -OCH3 is 1. The molecule has 0 aromatic heterocycles. The Bertz CT molecular complexity index is 356. The van der Waals surface area contributed by atoms with E-state index in [9.17, 15) is 4.39 Å². The molecule has 0 spiro atoms. The van der Waals surface area contributed by atoms with Gasteiger partial charge in [0.25, 0.3) is 0 Å². The van der Waals surface area contributed by atoms with Crippen molar-refractivity contribution >= 4 is 0 Å². The van der Waals surface area contributed by atoms with Gasteiger partial charge in [-0.15, -0.1) is 0 Å². The van der Waals surface area contributed by atoms with Gasteiger partial charge >= 0.3 is 0 Å². The summed E-state index contributed by atoms with van der Waals surface area (Å²) in [6.45, 7) is 2.55. The molecule has 1 N–H and O–H groups in total. The minimum atomic E-state index is -0.263. The van der Waals surface area contributed by atoms with Gasteiger partial charge in [0, 0.05) is 12.1 Å². The Morgan fingerprint density at radius 3 is 2.72 bits per heavy atom. The first-order chi connectivity index (χ1) is 8.65. The average molecular weight is 254 g/mol. The smallest absolute Gasteiger partial charge is 0.169 e. The van der Waals surface area contributed by atoms with Crippen LogP contribution in [0.5, 0.6) is 5.75 Å². The summed E-state index contributed by atoms with van der Waals surface area (Å²) in [5.74, 6) is 0.0442. The van der Waals surface area contributed by atoms with E-state index in [0.29, 0.717) is 17.9 Å². The Kier molecular flexibility index (Phi) is 6.68. The first kappa shape index (κ1) is 14.9. The second-order valence-electron chi connectivity index (χ2n) is 4.62. The zero-order valence-electron chi connectivity index (χ0n) is 11.5. The monoisotopic (exact) mass is 254 g/mol. The molecule has 102 valence electrons. The third kappa shape index (κ3) is 5.02. The average Bonchev–Trinajstić information content (AvgIpc) is 2.35. The second kappa shape index (κ2) is 8.06. The lowest BCUT2D eigenvalue weighted by molar-refractivity contribution is 0.382. The highest BCUT2D eigenvalue weighted by atomic mass is 19.1. The highest BCUT2D eigenvalue weighted by molar-refractivity contribution is 5.30. The Labute approximate surface area is 109 Å². The van der Waals surface area contributed by atoms with Crippen molar-refractivity contribution in [2.24, 2.45) is 0 Å². The Hall–Kier alpha value is -1.13. The van der Waals surface area contributed by atoms with Gasteiger partial charge in [0.15, 0.2) is 11.6 Å². The van der Waals surface area contributed by atoms with Crippen LogP contribution >= 0.6 is 0 Å². The fourth-order valence-electron chi connectivity index (χ4n) is 1.75. The lowest BCUT2D eigenvalue weighted by Crippen LogP contribution is -2.18. The fourth-order valence-corrected chi connectivity index (χ4v) is 1.75. The first-order valence-corrected chi connectivity index (χ1v) is 6.32. The van der Waals surface area contributed by atoms with Gasteiger partial charge in [-0.25, -0.2) is 4.39 Å². The molecule has 1 aromatic carbocycles. The molecule has 0 fully saturated rings. The van der Waals surface area contributed by atoms with Gasteiger partial charge in [-0.1, -0.05) is 12.1 Å². The van der Waals surface area contributed by atoms with E-state index >= 15 is 0 Å². The van der Waals surface area contributed by atoms with Crippen molar-refractivity contribution in [3.8, 4) is 5.75 Å². The van der Waals surface area contributed by atoms with Gasteiger partial charge in [0.05, 0.1) is 7.11 Å².